The van der Waals surface area contributed by atoms with Gasteiger partial charge in [0.2, 0.25) is 5.91 Å². The molecule has 10 heteroatoms. The molecule has 41 heavy (non-hydrogen) atoms. The lowest BCUT2D eigenvalue weighted by Gasteiger charge is -2.39. The Labute approximate surface area is 234 Å². The molecule has 0 spiro atoms. The highest BCUT2D eigenvalue weighted by Gasteiger charge is 2.38. The van der Waals surface area contributed by atoms with E-state index in [2.05, 4.69) is 5.32 Å². The van der Waals surface area contributed by atoms with E-state index in [0.717, 1.165) is 17.4 Å². The number of unbranched alkanes of at least 4 members (excludes halogenated alkanes) is 1. The number of hydrogen-bond acceptors (Lipinski definition) is 2. The molecular formula is C31H28F4N4O2. The summed E-state index contributed by atoms with van der Waals surface area (Å²) in [6.45, 7) is 1.69. The number of amides is 3. The van der Waals surface area contributed by atoms with Crippen molar-refractivity contribution >= 4 is 23.3 Å². The molecule has 0 fully saturated rings. The molecule has 1 unspecified atom stereocenters. The molecule has 6 nitrogen and oxygen atoms in total. The maximum Gasteiger partial charge on any atom is 0.418 e. The summed E-state index contributed by atoms with van der Waals surface area (Å²) < 4.78 is 56.5. The van der Waals surface area contributed by atoms with E-state index < -0.39 is 35.5 Å². The first-order valence-electron chi connectivity index (χ1n) is 13.3. The smallest absolute Gasteiger partial charge is 0.316 e. The monoisotopic (exact) mass is 564 g/mol. The van der Waals surface area contributed by atoms with Crippen LogP contribution in [0.1, 0.15) is 42.6 Å². The Morgan fingerprint density at radius 1 is 0.902 bits per heavy atom. The predicted molar refractivity (Wildman–Crippen MR) is 148 cm³/mol. The number of hydrogen-bond donors (Lipinski definition) is 1. The second kappa shape index (κ2) is 11.5. The van der Waals surface area contributed by atoms with Crippen molar-refractivity contribution in [2.45, 2.75) is 32.0 Å². The first kappa shape index (κ1) is 27.9. The van der Waals surface area contributed by atoms with Crippen molar-refractivity contribution in [1.82, 2.24) is 9.47 Å². The number of aromatic nitrogens is 1. The van der Waals surface area contributed by atoms with Gasteiger partial charge in [0.25, 0.3) is 0 Å². The Hall–Kier alpha value is -4.60. The van der Waals surface area contributed by atoms with Gasteiger partial charge in [0.1, 0.15) is 18.4 Å². The zero-order valence-electron chi connectivity index (χ0n) is 22.2. The van der Waals surface area contributed by atoms with Crippen molar-refractivity contribution in [3.63, 3.8) is 0 Å². The molecule has 212 valence electrons. The quantitative estimate of drug-likeness (QED) is 0.238. The van der Waals surface area contributed by atoms with Crippen LogP contribution in [0.25, 0.3) is 5.69 Å². The molecule has 1 aliphatic heterocycles. The second-order valence-corrected chi connectivity index (χ2v) is 9.76. The van der Waals surface area contributed by atoms with Crippen LogP contribution in [0.4, 0.5) is 33.7 Å². The topological polar surface area (TPSA) is 57.6 Å². The number of para-hydroxylation sites is 3. The Bertz CT molecular complexity index is 1550. The third kappa shape index (κ3) is 5.68. The number of halogens is 4. The van der Waals surface area contributed by atoms with Gasteiger partial charge in [0.15, 0.2) is 0 Å². The van der Waals surface area contributed by atoms with Crippen molar-refractivity contribution in [2.24, 2.45) is 0 Å². The minimum Gasteiger partial charge on any atom is -0.316 e. The van der Waals surface area contributed by atoms with Crippen molar-refractivity contribution < 1.29 is 27.2 Å². The van der Waals surface area contributed by atoms with Gasteiger partial charge in [0, 0.05) is 12.7 Å². The van der Waals surface area contributed by atoms with Crippen LogP contribution in [0.3, 0.4) is 0 Å². The number of urea groups is 1. The van der Waals surface area contributed by atoms with Crippen molar-refractivity contribution in [3.05, 3.63) is 114 Å². The summed E-state index contributed by atoms with van der Waals surface area (Å²) in [7, 11) is 0. The molecule has 2 heterocycles. The van der Waals surface area contributed by atoms with Gasteiger partial charge in [-0.15, -0.1) is 0 Å². The molecule has 0 aliphatic carbocycles. The Balaban J connectivity index is 1.50. The third-order valence-corrected chi connectivity index (χ3v) is 7.04. The summed E-state index contributed by atoms with van der Waals surface area (Å²) in [6, 6.07) is 20.2. The number of anilines is 2. The van der Waals surface area contributed by atoms with Crippen LogP contribution in [0.5, 0.6) is 0 Å². The average Bonchev–Trinajstić information content (AvgIpc) is 3.45. The summed E-state index contributed by atoms with van der Waals surface area (Å²) in [4.78, 5) is 30.3. The van der Waals surface area contributed by atoms with Gasteiger partial charge >= 0.3 is 12.2 Å². The summed E-state index contributed by atoms with van der Waals surface area (Å²) in [6.07, 6.45) is -1.54. The SMILES string of the molecule is CCCCN(CC(=O)N1c2ccccc2-n2cccc2C1c1ccc(F)cc1)C(=O)Nc1ccccc1C(F)(F)F. The van der Waals surface area contributed by atoms with E-state index >= 15 is 0 Å². The van der Waals surface area contributed by atoms with Gasteiger partial charge in [-0.25, -0.2) is 9.18 Å². The van der Waals surface area contributed by atoms with Crippen molar-refractivity contribution in [3.8, 4) is 5.69 Å². The fourth-order valence-corrected chi connectivity index (χ4v) is 5.10. The van der Waals surface area contributed by atoms with E-state index in [1.54, 1.807) is 29.2 Å². The van der Waals surface area contributed by atoms with Gasteiger partial charge in [-0.05, 0) is 60.5 Å². The third-order valence-electron chi connectivity index (χ3n) is 7.04. The van der Waals surface area contributed by atoms with Crippen LogP contribution in [0.15, 0.2) is 91.1 Å². The number of rotatable bonds is 7. The number of nitrogens with one attached hydrogen (secondary N) is 1. The average molecular weight is 565 g/mol. The maximum atomic E-state index is 14.1. The molecule has 1 aliphatic rings. The van der Waals surface area contributed by atoms with Crippen LogP contribution < -0.4 is 10.2 Å². The Morgan fingerprint density at radius 3 is 2.29 bits per heavy atom. The predicted octanol–water partition coefficient (Wildman–Crippen LogP) is 7.41. The highest BCUT2D eigenvalue weighted by molar-refractivity contribution is 6.01. The molecule has 1 aromatic heterocycles. The van der Waals surface area contributed by atoms with Gasteiger partial charge in [-0.3, -0.25) is 9.69 Å². The van der Waals surface area contributed by atoms with Gasteiger partial charge < -0.3 is 14.8 Å². The first-order chi connectivity index (χ1) is 19.7. The van der Waals surface area contributed by atoms with Crippen LogP contribution >= 0.6 is 0 Å². The van der Waals surface area contributed by atoms with E-state index in [0.29, 0.717) is 24.1 Å². The fraction of sp³-hybridized carbons (Fsp3) is 0.226. The zero-order valence-corrected chi connectivity index (χ0v) is 22.2. The normalized spacial score (nSPS) is 14.3. The van der Waals surface area contributed by atoms with Crippen molar-refractivity contribution in [1.29, 1.82) is 0 Å². The lowest BCUT2D eigenvalue weighted by Crippen LogP contribution is -2.48. The highest BCUT2D eigenvalue weighted by atomic mass is 19.4. The summed E-state index contributed by atoms with van der Waals surface area (Å²) in [5, 5.41) is 2.36. The Morgan fingerprint density at radius 2 is 1.59 bits per heavy atom. The van der Waals surface area contributed by atoms with E-state index in [-0.39, 0.29) is 18.8 Å². The number of fused-ring (bicyclic) bond motifs is 3. The maximum absolute atomic E-state index is 14.1. The number of nitrogens with zero attached hydrogens (tertiary/aromatic N) is 3. The van der Waals surface area contributed by atoms with E-state index in [9.17, 15) is 27.2 Å². The zero-order chi connectivity index (χ0) is 29.1. The second-order valence-electron chi connectivity index (χ2n) is 9.76. The van der Waals surface area contributed by atoms with Crippen LogP contribution in [0, 0.1) is 5.82 Å². The molecule has 0 saturated heterocycles. The fourth-order valence-electron chi connectivity index (χ4n) is 5.10. The molecule has 1 atom stereocenters. The number of alkyl halides is 3. The van der Waals surface area contributed by atoms with Crippen LogP contribution in [-0.4, -0.2) is 34.5 Å². The summed E-state index contributed by atoms with van der Waals surface area (Å²) in [5.41, 5.74) is 1.42. The molecule has 3 aromatic carbocycles. The molecule has 0 bridgehead atoms. The standard InChI is InChI=1S/C31H28F4N4O2/c1-2-3-18-37(30(41)36-24-10-5-4-9-23(24)31(33,34)35)20-28(40)39-26-12-7-6-11-25(26)38-19-8-13-27(38)29(39)21-14-16-22(32)17-15-21/h4-17,19,29H,2-3,18,20H2,1H3,(H,36,41). The van der Waals surface area contributed by atoms with Gasteiger partial charge in [-0.2, -0.15) is 13.2 Å². The minimum atomic E-state index is -4.66. The van der Waals surface area contributed by atoms with Crippen LogP contribution in [-0.2, 0) is 11.0 Å². The highest BCUT2D eigenvalue weighted by Crippen LogP contribution is 2.42. The van der Waals surface area contributed by atoms with Crippen molar-refractivity contribution in [2.75, 3.05) is 23.3 Å². The number of carbonyl (C=O) groups is 2. The van der Waals surface area contributed by atoms with E-state index in [4.69, 9.17) is 0 Å². The van der Waals surface area contributed by atoms with Gasteiger partial charge in [0.05, 0.1) is 28.3 Å². The minimum absolute atomic E-state index is 0.162. The lowest BCUT2D eigenvalue weighted by molar-refractivity contribution is -0.137. The first-order valence-corrected chi connectivity index (χ1v) is 13.3. The largest absolute Gasteiger partial charge is 0.418 e. The lowest BCUT2D eigenvalue weighted by atomic mass is 9.97. The summed E-state index contributed by atoms with van der Waals surface area (Å²) in [5.74, 6) is -0.852. The molecule has 1 N–H and O–H groups in total. The number of carbonyl (C=O) groups excluding carboxylic acids is 2. The molecule has 0 saturated carbocycles. The molecular weight excluding hydrogens is 536 g/mol. The van der Waals surface area contributed by atoms with Gasteiger partial charge in [-0.1, -0.05) is 49.7 Å². The molecule has 5 rings (SSSR count). The van der Waals surface area contributed by atoms with Crippen LogP contribution in [0.2, 0.25) is 0 Å². The molecule has 0 radical (unpaired) electrons. The van der Waals surface area contributed by atoms with E-state index in [1.165, 1.54) is 35.2 Å². The summed E-state index contributed by atoms with van der Waals surface area (Å²) >= 11 is 0. The van der Waals surface area contributed by atoms with E-state index in [1.807, 2.05) is 42.0 Å². The molecule has 3 amide bonds. The Kier molecular flexibility index (Phi) is 7.83. The molecule has 4 aromatic rings. The number of benzene rings is 3.